The number of hydrogen-bond donors (Lipinski definition) is 0. The predicted molar refractivity (Wildman–Crippen MR) is 84.6 cm³/mol. The molecule has 5 nitrogen and oxygen atoms in total. The zero-order chi connectivity index (χ0) is 14.8. The number of aromatic nitrogens is 3. The van der Waals surface area contributed by atoms with Gasteiger partial charge in [-0.15, -0.1) is 0 Å². The highest BCUT2D eigenvalue weighted by atomic mass is 32.1. The lowest BCUT2D eigenvalue weighted by Crippen LogP contribution is -2.37. The van der Waals surface area contributed by atoms with Gasteiger partial charge in [-0.2, -0.15) is 5.10 Å². The Balaban J connectivity index is 1.90. The minimum absolute atomic E-state index is 0.724. The molecule has 0 atom stereocenters. The molecular formula is C15H20N4OS. The van der Waals surface area contributed by atoms with Crippen LogP contribution in [0.15, 0.2) is 24.3 Å². The van der Waals surface area contributed by atoms with Crippen molar-refractivity contribution in [2.75, 3.05) is 26.3 Å². The fourth-order valence-corrected chi connectivity index (χ4v) is 2.73. The van der Waals surface area contributed by atoms with Crippen molar-refractivity contribution in [3.63, 3.8) is 0 Å². The lowest BCUT2D eigenvalue weighted by Gasteiger charge is -2.25. The number of aryl methyl sites for hydroxylation is 1. The van der Waals surface area contributed by atoms with Gasteiger partial charge in [0.25, 0.3) is 0 Å². The van der Waals surface area contributed by atoms with Crippen LogP contribution in [0, 0.1) is 11.7 Å². The van der Waals surface area contributed by atoms with Crippen molar-refractivity contribution in [3.8, 4) is 11.4 Å². The van der Waals surface area contributed by atoms with Gasteiger partial charge >= 0.3 is 0 Å². The zero-order valence-corrected chi connectivity index (χ0v) is 13.3. The molecule has 2 aromatic rings. The number of hydrogen-bond acceptors (Lipinski definition) is 4. The third-order valence-corrected chi connectivity index (χ3v) is 4.24. The summed E-state index contributed by atoms with van der Waals surface area (Å²) < 4.78 is 10.0. The van der Waals surface area contributed by atoms with E-state index in [1.807, 2.05) is 16.3 Å². The molecule has 0 aliphatic carbocycles. The topological polar surface area (TPSA) is 35.2 Å². The molecule has 6 heteroatoms. The van der Waals surface area contributed by atoms with Gasteiger partial charge in [-0.1, -0.05) is 23.8 Å². The van der Waals surface area contributed by atoms with Crippen LogP contribution in [0.4, 0.5) is 0 Å². The van der Waals surface area contributed by atoms with E-state index in [1.165, 1.54) is 5.56 Å². The van der Waals surface area contributed by atoms with Crippen molar-refractivity contribution in [1.82, 2.24) is 19.2 Å². The minimum Gasteiger partial charge on any atom is -0.379 e. The first-order chi connectivity index (χ1) is 10.1. The van der Waals surface area contributed by atoms with Gasteiger partial charge in [-0.3, -0.25) is 4.90 Å². The lowest BCUT2D eigenvalue weighted by molar-refractivity contribution is 0.0210. The van der Waals surface area contributed by atoms with E-state index in [4.69, 9.17) is 22.1 Å². The summed E-state index contributed by atoms with van der Waals surface area (Å²) in [5.74, 6) is 0.914. The fourth-order valence-electron chi connectivity index (χ4n) is 2.55. The summed E-state index contributed by atoms with van der Waals surface area (Å²) >= 11 is 5.52. The van der Waals surface area contributed by atoms with Gasteiger partial charge in [0.2, 0.25) is 0 Å². The SMILES string of the molecule is Cc1cccc(-c2nn(CN3CCOCC3)c(=S)n2C)c1. The Morgan fingerprint density at radius 2 is 2.05 bits per heavy atom. The summed E-state index contributed by atoms with van der Waals surface area (Å²) in [5.41, 5.74) is 2.32. The van der Waals surface area contributed by atoms with Gasteiger partial charge in [0.05, 0.1) is 19.9 Å². The van der Waals surface area contributed by atoms with E-state index in [9.17, 15) is 0 Å². The predicted octanol–water partition coefficient (Wildman–Crippen LogP) is 2.22. The molecule has 2 heterocycles. The third-order valence-electron chi connectivity index (χ3n) is 3.75. The summed E-state index contributed by atoms with van der Waals surface area (Å²) in [7, 11) is 1.98. The van der Waals surface area contributed by atoms with Gasteiger partial charge < -0.3 is 9.30 Å². The van der Waals surface area contributed by atoms with Gasteiger partial charge in [0.1, 0.15) is 0 Å². The Labute approximate surface area is 129 Å². The summed E-state index contributed by atoms with van der Waals surface area (Å²) in [4.78, 5) is 2.31. The second-order valence-electron chi connectivity index (χ2n) is 5.41. The van der Waals surface area contributed by atoms with Gasteiger partial charge in [-0.05, 0) is 25.2 Å². The molecule has 0 radical (unpaired) electrons. The van der Waals surface area contributed by atoms with Crippen molar-refractivity contribution >= 4 is 12.2 Å². The van der Waals surface area contributed by atoms with Crippen LogP contribution in [0.1, 0.15) is 5.56 Å². The van der Waals surface area contributed by atoms with Crippen LogP contribution in [-0.2, 0) is 18.5 Å². The van der Waals surface area contributed by atoms with Crippen LogP contribution in [0.3, 0.4) is 0 Å². The normalized spacial score (nSPS) is 16.3. The Bertz CT molecular complexity index is 685. The maximum atomic E-state index is 5.52. The standard InChI is InChI=1S/C15H20N4OS/c1-12-4-3-5-13(10-12)14-16-19(15(21)17(14)2)11-18-6-8-20-9-7-18/h3-5,10H,6-9,11H2,1-2H3. The van der Waals surface area contributed by atoms with E-state index in [1.54, 1.807) is 0 Å². The number of ether oxygens (including phenoxy) is 1. The molecule has 112 valence electrons. The highest BCUT2D eigenvalue weighted by Gasteiger charge is 2.15. The number of rotatable bonds is 3. The molecule has 21 heavy (non-hydrogen) atoms. The molecular weight excluding hydrogens is 284 g/mol. The second kappa shape index (κ2) is 6.09. The smallest absolute Gasteiger partial charge is 0.199 e. The van der Waals surface area contributed by atoms with E-state index in [0.29, 0.717) is 0 Å². The summed E-state index contributed by atoms with van der Waals surface area (Å²) in [6.45, 7) is 6.23. The number of nitrogens with zero attached hydrogens (tertiary/aromatic N) is 4. The van der Waals surface area contributed by atoms with Crippen molar-refractivity contribution in [1.29, 1.82) is 0 Å². The molecule has 0 N–H and O–H groups in total. The van der Waals surface area contributed by atoms with Crippen molar-refractivity contribution < 1.29 is 4.74 Å². The lowest BCUT2D eigenvalue weighted by atomic mass is 10.1. The average molecular weight is 304 g/mol. The average Bonchev–Trinajstić information content (AvgIpc) is 2.77. The molecule has 1 aliphatic rings. The van der Waals surface area contributed by atoms with Gasteiger partial charge in [0.15, 0.2) is 10.6 Å². The van der Waals surface area contributed by atoms with Crippen molar-refractivity contribution in [3.05, 3.63) is 34.6 Å². The quantitative estimate of drug-likeness (QED) is 0.815. The Morgan fingerprint density at radius 3 is 2.76 bits per heavy atom. The van der Waals surface area contributed by atoms with E-state index in [0.717, 1.165) is 49.1 Å². The molecule has 1 aromatic carbocycles. The summed E-state index contributed by atoms with van der Waals surface area (Å²) in [6.07, 6.45) is 0. The molecule has 1 fully saturated rings. The highest BCUT2D eigenvalue weighted by Crippen LogP contribution is 2.18. The summed E-state index contributed by atoms with van der Waals surface area (Å²) in [6, 6.07) is 8.34. The van der Waals surface area contributed by atoms with E-state index in [-0.39, 0.29) is 0 Å². The Hall–Kier alpha value is -1.50. The van der Waals surface area contributed by atoms with Crippen LogP contribution in [-0.4, -0.2) is 45.6 Å². The Morgan fingerprint density at radius 1 is 1.29 bits per heavy atom. The highest BCUT2D eigenvalue weighted by molar-refractivity contribution is 7.71. The molecule has 1 aromatic heterocycles. The van der Waals surface area contributed by atoms with Crippen LogP contribution < -0.4 is 0 Å². The maximum Gasteiger partial charge on any atom is 0.199 e. The summed E-state index contributed by atoms with van der Waals surface area (Å²) in [5, 5.41) is 4.71. The molecule has 1 aliphatic heterocycles. The van der Waals surface area contributed by atoms with E-state index >= 15 is 0 Å². The fraction of sp³-hybridized carbons (Fsp3) is 0.467. The first kappa shape index (κ1) is 14.4. The van der Waals surface area contributed by atoms with Crippen LogP contribution in [0.2, 0.25) is 0 Å². The molecule has 0 saturated carbocycles. The number of morpholine rings is 1. The maximum absolute atomic E-state index is 5.52. The Kier molecular flexibility index (Phi) is 4.19. The molecule has 0 spiro atoms. The molecule has 3 rings (SSSR count). The van der Waals surface area contributed by atoms with E-state index < -0.39 is 0 Å². The molecule has 0 amide bonds. The third kappa shape index (κ3) is 3.07. The monoisotopic (exact) mass is 304 g/mol. The van der Waals surface area contributed by atoms with Crippen LogP contribution in [0.5, 0.6) is 0 Å². The molecule has 1 saturated heterocycles. The van der Waals surface area contributed by atoms with Crippen LogP contribution >= 0.6 is 12.2 Å². The number of benzene rings is 1. The first-order valence-electron chi connectivity index (χ1n) is 7.16. The first-order valence-corrected chi connectivity index (χ1v) is 7.57. The van der Waals surface area contributed by atoms with Crippen molar-refractivity contribution in [2.24, 2.45) is 7.05 Å². The van der Waals surface area contributed by atoms with E-state index in [2.05, 4.69) is 36.1 Å². The molecule has 0 unspecified atom stereocenters. The minimum atomic E-state index is 0.724. The second-order valence-corrected chi connectivity index (χ2v) is 5.77. The van der Waals surface area contributed by atoms with Crippen molar-refractivity contribution in [2.45, 2.75) is 13.6 Å². The van der Waals surface area contributed by atoms with Gasteiger partial charge in [0, 0.05) is 25.7 Å². The molecule has 0 bridgehead atoms. The van der Waals surface area contributed by atoms with Gasteiger partial charge in [-0.25, -0.2) is 4.68 Å². The largest absolute Gasteiger partial charge is 0.379 e. The zero-order valence-electron chi connectivity index (χ0n) is 12.5. The van der Waals surface area contributed by atoms with Crippen LogP contribution in [0.25, 0.3) is 11.4 Å².